The number of aromatic carboxylic acids is 1. The lowest BCUT2D eigenvalue weighted by molar-refractivity contribution is -0.116. The van der Waals surface area contributed by atoms with Crippen molar-refractivity contribution in [3.63, 3.8) is 0 Å². The third-order valence-electron chi connectivity index (χ3n) is 2.94. The monoisotopic (exact) mass is 277 g/mol. The zero-order chi connectivity index (χ0) is 14.7. The molecule has 0 atom stereocenters. The molecule has 2 aromatic rings. The van der Waals surface area contributed by atoms with E-state index in [1.165, 1.54) is 16.9 Å². The van der Waals surface area contributed by atoms with Crippen LogP contribution in [0.2, 0.25) is 0 Å². The van der Waals surface area contributed by atoms with E-state index in [1.54, 1.807) is 17.9 Å². The van der Waals surface area contributed by atoms with Crippen molar-refractivity contribution in [2.75, 3.05) is 5.32 Å². The lowest BCUT2D eigenvalue weighted by Gasteiger charge is -2.04. The van der Waals surface area contributed by atoms with Crippen LogP contribution in [0.4, 0.5) is 5.69 Å². The summed E-state index contributed by atoms with van der Waals surface area (Å²) in [4.78, 5) is 22.5. The average molecular weight is 277 g/mol. The standard InChI is InChI=1S/C12H15N5O3/c1-8-10(7-13-16(8)2)14-11(18)4-6-17-5-3-9(15-17)12(19)20/h3,5,7H,4,6H2,1-2H3,(H,14,18)(H,19,20). The summed E-state index contributed by atoms with van der Waals surface area (Å²) in [6.45, 7) is 2.17. The number of aryl methyl sites for hydroxylation is 2. The first-order valence-corrected chi connectivity index (χ1v) is 6.02. The van der Waals surface area contributed by atoms with Gasteiger partial charge in [0.2, 0.25) is 5.91 Å². The van der Waals surface area contributed by atoms with Crippen LogP contribution in [0.15, 0.2) is 18.5 Å². The maximum atomic E-state index is 11.8. The Morgan fingerprint density at radius 3 is 2.75 bits per heavy atom. The third-order valence-corrected chi connectivity index (χ3v) is 2.94. The number of carboxylic acids is 1. The second-order valence-electron chi connectivity index (χ2n) is 4.33. The zero-order valence-electron chi connectivity index (χ0n) is 11.2. The average Bonchev–Trinajstić information content (AvgIpc) is 2.99. The molecule has 0 saturated heterocycles. The molecule has 0 radical (unpaired) electrons. The summed E-state index contributed by atoms with van der Waals surface area (Å²) in [5, 5.41) is 19.4. The van der Waals surface area contributed by atoms with Crippen LogP contribution in [0.3, 0.4) is 0 Å². The second kappa shape index (κ2) is 5.55. The van der Waals surface area contributed by atoms with Crippen LogP contribution in [0.5, 0.6) is 0 Å². The molecule has 0 bridgehead atoms. The predicted octanol–water partition coefficient (Wildman–Crippen LogP) is 0.652. The fraction of sp³-hybridized carbons (Fsp3) is 0.333. The molecule has 2 N–H and O–H groups in total. The summed E-state index contributed by atoms with van der Waals surface area (Å²) in [6, 6.07) is 1.39. The van der Waals surface area contributed by atoms with Crippen molar-refractivity contribution in [1.82, 2.24) is 19.6 Å². The Morgan fingerprint density at radius 2 is 2.20 bits per heavy atom. The molecule has 0 fully saturated rings. The van der Waals surface area contributed by atoms with Gasteiger partial charge in [0, 0.05) is 26.2 Å². The molecule has 8 heteroatoms. The number of carbonyl (C=O) groups excluding carboxylic acids is 1. The minimum atomic E-state index is -1.08. The molecule has 0 aliphatic heterocycles. The van der Waals surface area contributed by atoms with Crippen LogP contribution in [-0.2, 0) is 18.4 Å². The Morgan fingerprint density at radius 1 is 1.45 bits per heavy atom. The SMILES string of the molecule is Cc1c(NC(=O)CCn2ccc(C(=O)O)n2)cnn1C. The van der Waals surface area contributed by atoms with E-state index in [2.05, 4.69) is 15.5 Å². The van der Waals surface area contributed by atoms with Crippen LogP contribution in [0.25, 0.3) is 0 Å². The number of carboxylic acid groups (broad SMARTS) is 1. The summed E-state index contributed by atoms with van der Waals surface area (Å²) in [6.07, 6.45) is 3.32. The number of nitrogens with zero attached hydrogens (tertiary/aromatic N) is 4. The zero-order valence-corrected chi connectivity index (χ0v) is 11.2. The van der Waals surface area contributed by atoms with E-state index in [4.69, 9.17) is 5.11 Å². The van der Waals surface area contributed by atoms with Crippen LogP contribution in [0, 0.1) is 6.92 Å². The number of hydrogen-bond donors (Lipinski definition) is 2. The lowest BCUT2D eigenvalue weighted by Crippen LogP contribution is -2.15. The Labute approximate surface area is 115 Å². The van der Waals surface area contributed by atoms with Crippen LogP contribution < -0.4 is 5.32 Å². The molecular weight excluding hydrogens is 262 g/mol. The van der Waals surface area contributed by atoms with Crippen molar-refractivity contribution in [1.29, 1.82) is 0 Å². The van der Waals surface area contributed by atoms with Crippen molar-refractivity contribution < 1.29 is 14.7 Å². The molecule has 0 spiro atoms. The molecule has 1 amide bonds. The normalized spacial score (nSPS) is 10.5. The van der Waals surface area contributed by atoms with Gasteiger partial charge < -0.3 is 10.4 Å². The number of nitrogens with one attached hydrogen (secondary N) is 1. The number of carbonyl (C=O) groups is 2. The van der Waals surface area contributed by atoms with Crippen molar-refractivity contribution in [2.45, 2.75) is 19.9 Å². The summed E-state index contributed by atoms with van der Waals surface area (Å²) in [5.41, 5.74) is 1.50. The van der Waals surface area contributed by atoms with Gasteiger partial charge in [0.1, 0.15) is 0 Å². The fourth-order valence-corrected chi connectivity index (χ4v) is 1.65. The highest BCUT2D eigenvalue weighted by molar-refractivity contribution is 5.91. The van der Waals surface area contributed by atoms with E-state index in [-0.39, 0.29) is 18.0 Å². The number of hydrogen-bond acceptors (Lipinski definition) is 4. The first kappa shape index (κ1) is 13.8. The largest absolute Gasteiger partial charge is 0.476 e. The molecule has 20 heavy (non-hydrogen) atoms. The van der Waals surface area contributed by atoms with Crippen LogP contribution in [0.1, 0.15) is 22.6 Å². The molecule has 106 valence electrons. The van der Waals surface area contributed by atoms with E-state index in [0.29, 0.717) is 12.2 Å². The lowest BCUT2D eigenvalue weighted by atomic mass is 10.3. The quantitative estimate of drug-likeness (QED) is 0.835. The predicted molar refractivity (Wildman–Crippen MR) is 70.4 cm³/mol. The van der Waals surface area contributed by atoms with Crippen molar-refractivity contribution in [2.24, 2.45) is 7.05 Å². The van der Waals surface area contributed by atoms with Crippen LogP contribution in [-0.4, -0.2) is 36.5 Å². The van der Waals surface area contributed by atoms with Crippen LogP contribution >= 0.6 is 0 Å². The molecule has 8 nitrogen and oxygen atoms in total. The molecule has 0 saturated carbocycles. The van der Waals surface area contributed by atoms with E-state index < -0.39 is 5.97 Å². The van der Waals surface area contributed by atoms with Gasteiger partial charge in [-0.05, 0) is 13.0 Å². The molecule has 0 unspecified atom stereocenters. The molecule has 0 aromatic carbocycles. The van der Waals surface area contributed by atoms with Gasteiger partial charge >= 0.3 is 5.97 Å². The Bertz CT molecular complexity index is 643. The highest BCUT2D eigenvalue weighted by atomic mass is 16.4. The molecule has 2 aromatic heterocycles. The van der Waals surface area contributed by atoms with Gasteiger partial charge in [-0.1, -0.05) is 0 Å². The van der Waals surface area contributed by atoms with Crippen molar-refractivity contribution >= 4 is 17.6 Å². The highest BCUT2D eigenvalue weighted by Crippen LogP contribution is 2.12. The summed E-state index contributed by atoms with van der Waals surface area (Å²) >= 11 is 0. The maximum absolute atomic E-state index is 11.8. The van der Waals surface area contributed by atoms with Gasteiger partial charge in [0.25, 0.3) is 0 Å². The number of aromatic nitrogens is 4. The summed E-state index contributed by atoms with van der Waals surface area (Å²) < 4.78 is 3.10. The Balaban J connectivity index is 1.88. The number of anilines is 1. The minimum Gasteiger partial charge on any atom is -0.476 e. The van der Waals surface area contributed by atoms with Gasteiger partial charge in [0.05, 0.1) is 17.6 Å². The molecule has 2 heterocycles. The van der Waals surface area contributed by atoms with Gasteiger partial charge in [-0.15, -0.1) is 0 Å². The Kier molecular flexibility index (Phi) is 3.83. The number of amides is 1. The van der Waals surface area contributed by atoms with Gasteiger partial charge in [-0.3, -0.25) is 14.2 Å². The van der Waals surface area contributed by atoms with E-state index in [1.807, 2.05) is 6.92 Å². The molecule has 0 aliphatic carbocycles. The topological polar surface area (TPSA) is 102 Å². The smallest absolute Gasteiger partial charge is 0.356 e. The molecule has 0 aliphatic rings. The third kappa shape index (κ3) is 3.02. The van der Waals surface area contributed by atoms with Crippen molar-refractivity contribution in [3.05, 3.63) is 29.8 Å². The highest BCUT2D eigenvalue weighted by Gasteiger charge is 2.10. The fourth-order valence-electron chi connectivity index (χ4n) is 1.65. The second-order valence-corrected chi connectivity index (χ2v) is 4.33. The maximum Gasteiger partial charge on any atom is 0.356 e. The van der Waals surface area contributed by atoms with Gasteiger partial charge in [0.15, 0.2) is 5.69 Å². The van der Waals surface area contributed by atoms with E-state index in [0.717, 1.165) is 5.69 Å². The Hall–Kier alpha value is -2.64. The summed E-state index contributed by atoms with van der Waals surface area (Å²) in [5.74, 6) is -1.26. The van der Waals surface area contributed by atoms with E-state index >= 15 is 0 Å². The molecule has 2 rings (SSSR count). The molecular formula is C12H15N5O3. The summed E-state index contributed by atoms with van der Waals surface area (Å²) in [7, 11) is 1.79. The van der Waals surface area contributed by atoms with Gasteiger partial charge in [-0.2, -0.15) is 10.2 Å². The van der Waals surface area contributed by atoms with E-state index in [9.17, 15) is 9.59 Å². The first-order chi connectivity index (χ1) is 9.47. The number of rotatable bonds is 5. The van der Waals surface area contributed by atoms with Gasteiger partial charge in [-0.25, -0.2) is 4.79 Å². The first-order valence-electron chi connectivity index (χ1n) is 6.02. The van der Waals surface area contributed by atoms with Crippen molar-refractivity contribution in [3.8, 4) is 0 Å². The minimum absolute atomic E-state index is 0.0338.